The van der Waals surface area contributed by atoms with E-state index in [1.807, 2.05) is 13.0 Å². The maximum absolute atomic E-state index is 5.91. The number of anilines is 2. The Morgan fingerprint density at radius 3 is 2.27 bits per heavy atom. The van der Waals surface area contributed by atoms with Crippen molar-refractivity contribution in [3.05, 3.63) is 23.3 Å². The number of benzene rings is 1. The molecule has 0 spiro atoms. The maximum atomic E-state index is 5.91. The van der Waals surface area contributed by atoms with Crippen LogP contribution in [0, 0.1) is 13.8 Å². The molecule has 0 aromatic heterocycles. The Balaban J connectivity index is 2.89. The van der Waals surface area contributed by atoms with Crippen molar-refractivity contribution in [2.45, 2.75) is 46.6 Å². The zero-order valence-electron chi connectivity index (χ0n) is 10.2. The Bertz CT molecular complexity index is 328. The van der Waals surface area contributed by atoms with E-state index in [-0.39, 0.29) is 0 Å². The van der Waals surface area contributed by atoms with Gasteiger partial charge in [-0.25, -0.2) is 0 Å². The third-order valence-corrected chi connectivity index (χ3v) is 2.96. The second-order valence-electron chi connectivity index (χ2n) is 4.18. The van der Waals surface area contributed by atoms with Gasteiger partial charge in [-0.1, -0.05) is 19.9 Å². The van der Waals surface area contributed by atoms with E-state index in [1.54, 1.807) is 0 Å². The highest BCUT2D eigenvalue weighted by molar-refractivity contribution is 5.63. The van der Waals surface area contributed by atoms with Crippen LogP contribution in [-0.4, -0.2) is 6.04 Å². The molecule has 84 valence electrons. The predicted octanol–water partition coefficient (Wildman–Crippen LogP) is 3.49. The minimum Gasteiger partial charge on any atom is -0.398 e. The molecule has 2 heteroatoms. The van der Waals surface area contributed by atoms with E-state index in [9.17, 15) is 0 Å². The first-order valence-corrected chi connectivity index (χ1v) is 5.71. The van der Waals surface area contributed by atoms with Crippen LogP contribution >= 0.6 is 0 Å². The SMILES string of the molecule is CCC(CC)Nc1cc(N)c(C)cc1C. The highest BCUT2D eigenvalue weighted by atomic mass is 14.9. The topological polar surface area (TPSA) is 38.0 Å². The van der Waals surface area contributed by atoms with Gasteiger partial charge in [0.25, 0.3) is 0 Å². The molecule has 1 aromatic carbocycles. The fourth-order valence-electron chi connectivity index (χ4n) is 1.74. The summed E-state index contributed by atoms with van der Waals surface area (Å²) in [7, 11) is 0. The van der Waals surface area contributed by atoms with Crippen LogP contribution in [0.2, 0.25) is 0 Å². The molecule has 0 heterocycles. The Hall–Kier alpha value is -1.18. The quantitative estimate of drug-likeness (QED) is 0.740. The molecule has 0 aliphatic carbocycles. The monoisotopic (exact) mass is 206 g/mol. The van der Waals surface area contributed by atoms with E-state index in [4.69, 9.17) is 5.73 Å². The van der Waals surface area contributed by atoms with E-state index in [0.29, 0.717) is 6.04 Å². The van der Waals surface area contributed by atoms with Gasteiger partial charge in [0.2, 0.25) is 0 Å². The van der Waals surface area contributed by atoms with Crippen molar-refractivity contribution in [1.82, 2.24) is 0 Å². The highest BCUT2D eigenvalue weighted by Gasteiger charge is 2.06. The van der Waals surface area contributed by atoms with Crippen molar-refractivity contribution in [2.75, 3.05) is 11.1 Å². The first kappa shape index (κ1) is 11.9. The lowest BCUT2D eigenvalue weighted by Crippen LogP contribution is -2.17. The third-order valence-electron chi connectivity index (χ3n) is 2.96. The first-order valence-electron chi connectivity index (χ1n) is 5.71. The van der Waals surface area contributed by atoms with Crippen molar-refractivity contribution in [2.24, 2.45) is 0 Å². The van der Waals surface area contributed by atoms with Crippen molar-refractivity contribution in [1.29, 1.82) is 0 Å². The summed E-state index contributed by atoms with van der Waals surface area (Å²) in [4.78, 5) is 0. The number of nitrogens with one attached hydrogen (secondary N) is 1. The number of nitrogens with two attached hydrogens (primary N) is 1. The molecule has 0 aliphatic heterocycles. The van der Waals surface area contributed by atoms with Gasteiger partial charge in [0, 0.05) is 17.4 Å². The number of rotatable bonds is 4. The molecule has 1 aromatic rings. The van der Waals surface area contributed by atoms with Gasteiger partial charge in [-0.3, -0.25) is 0 Å². The number of aryl methyl sites for hydroxylation is 2. The molecule has 15 heavy (non-hydrogen) atoms. The summed E-state index contributed by atoms with van der Waals surface area (Å²) in [5.41, 5.74) is 10.4. The standard InChI is InChI=1S/C13H22N2/c1-5-11(6-2)15-13-8-12(14)9(3)7-10(13)4/h7-8,11,15H,5-6,14H2,1-4H3. The predicted molar refractivity (Wildman–Crippen MR) is 68.3 cm³/mol. The lowest BCUT2D eigenvalue weighted by atomic mass is 10.1. The molecule has 0 radical (unpaired) electrons. The Morgan fingerprint density at radius 1 is 1.13 bits per heavy atom. The molecule has 1 rings (SSSR count). The van der Waals surface area contributed by atoms with Crippen LogP contribution in [0.4, 0.5) is 11.4 Å². The van der Waals surface area contributed by atoms with E-state index < -0.39 is 0 Å². The smallest absolute Gasteiger partial charge is 0.0392 e. The van der Waals surface area contributed by atoms with Crippen LogP contribution < -0.4 is 11.1 Å². The molecule has 0 unspecified atom stereocenters. The molecule has 0 aliphatic rings. The molecular formula is C13H22N2. The van der Waals surface area contributed by atoms with Gasteiger partial charge in [-0.2, -0.15) is 0 Å². The van der Waals surface area contributed by atoms with Crippen molar-refractivity contribution >= 4 is 11.4 Å². The molecule has 0 saturated heterocycles. The van der Waals surface area contributed by atoms with Crippen molar-refractivity contribution < 1.29 is 0 Å². The van der Waals surface area contributed by atoms with Crippen LogP contribution in [0.15, 0.2) is 12.1 Å². The average Bonchev–Trinajstić information content (AvgIpc) is 2.21. The van der Waals surface area contributed by atoms with Gasteiger partial charge in [0.1, 0.15) is 0 Å². The summed E-state index contributed by atoms with van der Waals surface area (Å²) < 4.78 is 0. The zero-order chi connectivity index (χ0) is 11.4. The van der Waals surface area contributed by atoms with E-state index in [2.05, 4.69) is 32.2 Å². The molecule has 2 nitrogen and oxygen atoms in total. The molecule has 0 fully saturated rings. The molecule has 0 bridgehead atoms. The minimum absolute atomic E-state index is 0.547. The van der Waals surface area contributed by atoms with Gasteiger partial charge >= 0.3 is 0 Å². The lowest BCUT2D eigenvalue weighted by molar-refractivity contribution is 0.671. The normalized spacial score (nSPS) is 10.7. The van der Waals surface area contributed by atoms with E-state index >= 15 is 0 Å². The molecule has 3 N–H and O–H groups in total. The van der Waals surface area contributed by atoms with Crippen LogP contribution in [0.1, 0.15) is 37.8 Å². The van der Waals surface area contributed by atoms with Gasteiger partial charge in [-0.15, -0.1) is 0 Å². The number of nitrogen functional groups attached to an aromatic ring is 1. The van der Waals surface area contributed by atoms with Gasteiger partial charge in [0.05, 0.1) is 0 Å². The third kappa shape index (κ3) is 2.88. The van der Waals surface area contributed by atoms with E-state index in [0.717, 1.165) is 24.1 Å². The fraction of sp³-hybridized carbons (Fsp3) is 0.538. The highest BCUT2D eigenvalue weighted by Crippen LogP contribution is 2.23. The summed E-state index contributed by atoms with van der Waals surface area (Å²) in [5, 5.41) is 3.53. The first-order chi connectivity index (χ1) is 7.08. The zero-order valence-corrected chi connectivity index (χ0v) is 10.2. The Kier molecular flexibility index (Phi) is 4.01. The average molecular weight is 206 g/mol. The largest absolute Gasteiger partial charge is 0.398 e. The number of hydrogen-bond acceptors (Lipinski definition) is 2. The second-order valence-corrected chi connectivity index (χ2v) is 4.18. The van der Waals surface area contributed by atoms with Crippen molar-refractivity contribution in [3.8, 4) is 0 Å². The van der Waals surface area contributed by atoms with Crippen LogP contribution in [-0.2, 0) is 0 Å². The summed E-state index contributed by atoms with van der Waals surface area (Å²) in [6.07, 6.45) is 2.29. The molecule has 0 amide bonds. The van der Waals surface area contributed by atoms with Gasteiger partial charge in [0.15, 0.2) is 0 Å². The molecule has 0 atom stereocenters. The molecule has 0 saturated carbocycles. The van der Waals surface area contributed by atoms with Gasteiger partial charge < -0.3 is 11.1 Å². The summed E-state index contributed by atoms with van der Waals surface area (Å²) in [5.74, 6) is 0. The van der Waals surface area contributed by atoms with Gasteiger partial charge in [-0.05, 0) is 43.9 Å². The fourth-order valence-corrected chi connectivity index (χ4v) is 1.74. The van der Waals surface area contributed by atoms with Crippen LogP contribution in [0.25, 0.3) is 0 Å². The number of hydrogen-bond donors (Lipinski definition) is 2. The summed E-state index contributed by atoms with van der Waals surface area (Å²) >= 11 is 0. The van der Waals surface area contributed by atoms with Crippen LogP contribution in [0.3, 0.4) is 0 Å². The van der Waals surface area contributed by atoms with E-state index in [1.165, 1.54) is 11.3 Å². The van der Waals surface area contributed by atoms with Crippen LogP contribution in [0.5, 0.6) is 0 Å². The second kappa shape index (κ2) is 5.06. The molecular weight excluding hydrogens is 184 g/mol. The van der Waals surface area contributed by atoms with Crippen molar-refractivity contribution in [3.63, 3.8) is 0 Å². The summed E-state index contributed by atoms with van der Waals surface area (Å²) in [6, 6.07) is 4.73. The lowest BCUT2D eigenvalue weighted by Gasteiger charge is -2.19. The minimum atomic E-state index is 0.547. The Labute approximate surface area is 92.9 Å². The maximum Gasteiger partial charge on any atom is 0.0392 e. The Morgan fingerprint density at radius 2 is 1.73 bits per heavy atom. The summed E-state index contributed by atoms with van der Waals surface area (Å²) in [6.45, 7) is 8.57.